The van der Waals surface area contributed by atoms with Crippen LogP contribution >= 0.6 is 0 Å². The van der Waals surface area contributed by atoms with Crippen LogP contribution in [0.4, 0.5) is 0 Å². The Bertz CT molecular complexity index is 1230. The molecule has 0 bridgehead atoms. The fourth-order valence-electron chi connectivity index (χ4n) is 3.83. The van der Waals surface area contributed by atoms with E-state index in [1.54, 1.807) is 79.1 Å². The summed E-state index contributed by atoms with van der Waals surface area (Å²) in [5, 5.41) is 0. The van der Waals surface area contributed by atoms with Crippen molar-refractivity contribution in [1.82, 2.24) is 0 Å². The van der Waals surface area contributed by atoms with Crippen LogP contribution in [-0.2, 0) is 0 Å². The number of hydrogen-bond acceptors (Lipinski definition) is 6. The lowest BCUT2D eigenvalue weighted by Crippen LogP contribution is -2.00. The molecule has 0 aliphatic heterocycles. The van der Waals surface area contributed by atoms with Gasteiger partial charge in [0.2, 0.25) is 0 Å². The van der Waals surface area contributed by atoms with E-state index in [0.717, 1.165) is 0 Å². The Hall–Kier alpha value is -4.86. The molecule has 0 atom stereocenters. The Kier molecular flexibility index (Phi) is 7.15. The first kappa shape index (κ1) is 24.3. The molecule has 1 aliphatic rings. The van der Waals surface area contributed by atoms with E-state index < -0.39 is 0 Å². The van der Waals surface area contributed by atoms with Gasteiger partial charge in [0.25, 0.3) is 0 Å². The summed E-state index contributed by atoms with van der Waals surface area (Å²) >= 11 is 0. The predicted molar refractivity (Wildman–Crippen MR) is 137 cm³/mol. The quantitative estimate of drug-likeness (QED) is 0.385. The van der Waals surface area contributed by atoms with Crippen LogP contribution in [0.1, 0.15) is 33.4 Å². The summed E-state index contributed by atoms with van der Waals surface area (Å²) in [5.74, 6) is 22.6. The monoisotopic (exact) mass is 480 g/mol. The summed E-state index contributed by atoms with van der Waals surface area (Å²) in [5.41, 5.74) is 3.40. The molecule has 0 spiro atoms. The molecule has 3 aromatic rings. The van der Waals surface area contributed by atoms with Gasteiger partial charge in [-0.25, -0.2) is 0 Å². The van der Waals surface area contributed by atoms with Crippen molar-refractivity contribution in [3.63, 3.8) is 0 Å². The molecule has 6 nitrogen and oxygen atoms in total. The van der Waals surface area contributed by atoms with Gasteiger partial charge in [0.15, 0.2) is 0 Å². The fraction of sp³-hybridized carbons (Fsp3) is 0.200. The highest BCUT2D eigenvalue weighted by Gasteiger charge is 2.17. The van der Waals surface area contributed by atoms with Gasteiger partial charge < -0.3 is 28.4 Å². The average Bonchev–Trinajstić information content (AvgIpc) is 2.92. The van der Waals surface area contributed by atoms with Gasteiger partial charge in [0, 0.05) is 0 Å². The molecule has 1 aliphatic carbocycles. The van der Waals surface area contributed by atoms with Crippen LogP contribution in [0.15, 0.2) is 36.4 Å². The van der Waals surface area contributed by atoms with Crippen molar-refractivity contribution in [2.75, 3.05) is 42.7 Å². The van der Waals surface area contributed by atoms with Crippen LogP contribution in [0.25, 0.3) is 0 Å². The van der Waals surface area contributed by atoms with Crippen LogP contribution in [0.3, 0.4) is 0 Å². The van der Waals surface area contributed by atoms with E-state index in [1.165, 1.54) is 0 Å². The molecule has 0 fully saturated rings. The molecule has 3 aromatic carbocycles. The number of methoxy groups -OCH3 is 6. The van der Waals surface area contributed by atoms with Crippen molar-refractivity contribution in [3.8, 4) is 70.0 Å². The maximum atomic E-state index is 5.62. The molecule has 0 N–H and O–H groups in total. The molecular formula is C30H24O6. The van der Waals surface area contributed by atoms with Gasteiger partial charge in [0.1, 0.15) is 34.5 Å². The van der Waals surface area contributed by atoms with Crippen LogP contribution in [-0.4, -0.2) is 42.7 Å². The summed E-state index contributed by atoms with van der Waals surface area (Å²) in [7, 11) is 9.50. The van der Waals surface area contributed by atoms with Gasteiger partial charge >= 0.3 is 0 Å². The Morgan fingerprint density at radius 1 is 0.306 bits per heavy atom. The van der Waals surface area contributed by atoms with Crippen molar-refractivity contribution >= 4 is 0 Å². The van der Waals surface area contributed by atoms with Gasteiger partial charge in [-0.15, -0.1) is 0 Å². The minimum atomic E-state index is 0.553. The molecular weight excluding hydrogens is 456 g/mol. The summed E-state index contributed by atoms with van der Waals surface area (Å²) in [4.78, 5) is 0. The zero-order valence-electron chi connectivity index (χ0n) is 20.9. The molecule has 0 amide bonds. The van der Waals surface area contributed by atoms with E-state index in [-0.39, 0.29) is 0 Å². The third-order valence-electron chi connectivity index (χ3n) is 5.64. The van der Waals surface area contributed by atoms with E-state index in [2.05, 4.69) is 35.5 Å². The van der Waals surface area contributed by atoms with Gasteiger partial charge in [-0.1, -0.05) is 35.5 Å². The second-order valence-corrected chi connectivity index (χ2v) is 7.41. The van der Waals surface area contributed by atoms with Gasteiger partial charge in [-0.05, 0) is 36.4 Å². The average molecular weight is 481 g/mol. The minimum absolute atomic E-state index is 0.553. The molecule has 180 valence electrons. The standard InChI is InChI=1S/C30H24O6/c1-31-25-13-14-26(32-2)20-9-10-22-24(30(36-6)18-17-28(22)34-4)12-11-23-21(8-7-19(20)25)27(33-3)15-16-29(23)35-5/h13-18H,1-6H3. The Labute approximate surface area is 211 Å². The van der Waals surface area contributed by atoms with E-state index in [0.29, 0.717) is 67.9 Å². The lowest BCUT2D eigenvalue weighted by atomic mass is 9.99. The predicted octanol–water partition coefficient (Wildman–Crippen LogP) is 4.25. The van der Waals surface area contributed by atoms with Crippen LogP contribution < -0.4 is 28.4 Å². The normalized spacial score (nSPS) is 10.5. The molecule has 0 radical (unpaired) electrons. The summed E-state index contributed by atoms with van der Waals surface area (Å²) in [6.45, 7) is 0. The maximum Gasteiger partial charge on any atom is 0.136 e. The first-order valence-electron chi connectivity index (χ1n) is 10.9. The third kappa shape index (κ3) is 4.31. The van der Waals surface area contributed by atoms with Gasteiger partial charge in [-0.3, -0.25) is 0 Å². The molecule has 0 aromatic heterocycles. The Morgan fingerprint density at radius 3 is 0.556 bits per heavy atom. The molecule has 6 heteroatoms. The molecule has 0 unspecified atom stereocenters. The molecule has 36 heavy (non-hydrogen) atoms. The number of ether oxygens (including phenoxy) is 6. The number of benzene rings is 3. The lowest BCUT2D eigenvalue weighted by molar-refractivity contribution is 0.400. The second-order valence-electron chi connectivity index (χ2n) is 7.41. The van der Waals surface area contributed by atoms with Gasteiger partial charge in [-0.2, -0.15) is 0 Å². The summed E-state index contributed by atoms with van der Waals surface area (Å²) in [6.07, 6.45) is 0. The van der Waals surface area contributed by atoms with Crippen molar-refractivity contribution in [2.45, 2.75) is 0 Å². The van der Waals surface area contributed by atoms with Crippen LogP contribution in [0, 0.1) is 35.5 Å². The topological polar surface area (TPSA) is 55.4 Å². The van der Waals surface area contributed by atoms with E-state index in [4.69, 9.17) is 28.4 Å². The third-order valence-corrected chi connectivity index (χ3v) is 5.64. The van der Waals surface area contributed by atoms with Crippen LogP contribution in [0.2, 0.25) is 0 Å². The van der Waals surface area contributed by atoms with Crippen molar-refractivity contribution in [2.24, 2.45) is 0 Å². The first-order chi connectivity index (χ1) is 17.6. The summed E-state index contributed by atoms with van der Waals surface area (Å²) < 4.78 is 33.7. The highest BCUT2D eigenvalue weighted by Crippen LogP contribution is 2.34. The number of hydrogen-bond donors (Lipinski definition) is 0. The SMILES string of the molecule is COc1ccc(OC)c2c1C#Cc1c(OC)ccc(OC)c1C#Cc1c(OC)ccc(OC)c1C#C2. The van der Waals surface area contributed by atoms with Crippen molar-refractivity contribution < 1.29 is 28.4 Å². The fourth-order valence-corrected chi connectivity index (χ4v) is 3.83. The number of fused-ring (bicyclic) bond motifs is 3. The lowest BCUT2D eigenvalue weighted by Gasteiger charge is -2.13. The first-order valence-corrected chi connectivity index (χ1v) is 10.9. The molecule has 0 saturated carbocycles. The number of rotatable bonds is 6. The van der Waals surface area contributed by atoms with Crippen LogP contribution in [0.5, 0.6) is 34.5 Å². The van der Waals surface area contributed by atoms with E-state index in [1.807, 2.05) is 0 Å². The van der Waals surface area contributed by atoms with Crippen molar-refractivity contribution in [3.05, 3.63) is 69.8 Å². The van der Waals surface area contributed by atoms with Gasteiger partial charge in [0.05, 0.1) is 76.0 Å². The maximum absolute atomic E-state index is 5.62. The van der Waals surface area contributed by atoms with E-state index >= 15 is 0 Å². The zero-order valence-corrected chi connectivity index (χ0v) is 20.9. The molecule has 0 saturated heterocycles. The molecule has 0 heterocycles. The largest absolute Gasteiger partial charge is 0.495 e. The highest BCUT2D eigenvalue weighted by molar-refractivity contribution is 5.72. The summed E-state index contributed by atoms with van der Waals surface area (Å²) in [6, 6.07) is 10.8. The molecule has 4 rings (SSSR count). The Balaban J connectivity index is 2.23. The highest BCUT2D eigenvalue weighted by atomic mass is 16.5. The zero-order chi connectivity index (χ0) is 25.7. The minimum Gasteiger partial charge on any atom is -0.495 e. The van der Waals surface area contributed by atoms with E-state index in [9.17, 15) is 0 Å². The van der Waals surface area contributed by atoms with Crippen molar-refractivity contribution in [1.29, 1.82) is 0 Å². The smallest absolute Gasteiger partial charge is 0.136 e. The Morgan fingerprint density at radius 2 is 0.444 bits per heavy atom. The second kappa shape index (κ2) is 10.6.